The lowest BCUT2D eigenvalue weighted by Gasteiger charge is -1.99. The summed E-state index contributed by atoms with van der Waals surface area (Å²) >= 11 is 1.19. The summed E-state index contributed by atoms with van der Waals surface area (Å²) in [5.41, 5.74) is 0. The van der Waals surface area contributed by atoms with E-state index in [2.05, 4.69) is 22.1 Å². The van der Waals surface area contributed by atoms with Crippen molar-refractivity contribution in [2.45, 2.75) is 19.3 Å². The average molecular weight is 271 g/mol. The number of hydrogen-bond donors (Lipinski definition) is 2. The number of carbonyl (C=O) groups is 2. The molecule has 18 heavy (non-hydrogen) atoms. The van der Waals surface area contributed by atoms with Crippen LogP contribution in [0.3, 0.4) is 0 Å². The third-order valence-electron chi connectivity index (χ3n) is 1.79. The van der Waals surface area contributed by atoms with Gasteiger partial charge in [-0.05, 0) is 6.42 Å². The number of nitrogens with one attached hydrogen (secondary N) is 1. The van der Waals surface area contributed by atoms with E-state index in [1.807, 2.05) is 0 Å². The van der Waals surface area contributed by atoms with Crippen LogP contribution in [-0.2, 0) is 16.0 Å². The minimum absolute atomic E-state index is 0.0870. The van der Waals surface area contributed by atoms with Crippen molar-refractivity contribution >= 4 is 28.5 Å². The van der Waals surface area contributed by atoms with Gasteiger partial charge in [-0.15, -0.1) is 10.2 Å². The normalized spacial score (nSPS) is 9.78. The standard InChI is InChI=1S/C10H13N3O4S/c1-2-6-17-10(16)11-9-13-12-7(18-9)4-3-5-8(14)15/h2H,1,3-6H2,(H,14,15)(H,11,13,16). The Balaban J connectivity index is 2.35. The molecule has 0 saturated carbocycles. The maximum absolute atomic E-state index is 11.2. The van der Waals surface area contributed by atoms with Crippen molar-refractivity contribution in [3.8, 4) is 0 Å². The highest BCUT2D eigenvalue weighted by Gasteiger charge is 2.08. The molecule has 1 heterocycles. The highest BCUT2D eigenvalue weighted by molar-refractivity contribution is 7.15. The van der Waals surface area contributed by atoms with E-state index in [9.17, 15) is 9.59 Å². The fourth-order valence-corrected chi connectivity index (χ4v) is 1.82. The monoisotopic (exact) mass is 271 g/mol. The Morgan fingerprint density at radius 3 is 2.94 bits per heavy atom. The molecule has 0 bridgehead atoms. The van der Waals surface area contributed by atoms with Gasteiger partial charge < -0.3 is 9.84 Å². The van der Waals surface area contributed by atoms with Crippen molar-refractivity contribution in [3.05, 3.63) is 17.7 Å². The molecule has 0 aliphatic rings. The Bertz CT molecular complexity index is 433. The van der Waals surface area contributed by atoms with Crippen LogP contribution >= 0.6 is 11.3 Å². The van der Waals surface area contributed by atoms with Crippen LogP contribution in [0.25, 0.3) is 0 Å². The highest BCUT2D eigenvalue weighted by atomic mass is 32.1. The van der Waals surface area contributed by atoms with Gasteiger partial charge in [0.1, 0.15) is 11.6 Å². The quantitative estimate of drug-likeness (QED) is 0.731. The molecule has 7 nitrogen and oxygen atoms in total. The van der Waals surface area contributed by atoms with Gasteiger partial charge in [-0.25, -0.2) is 4.79 Å². The number of aromatic nitrogens is 2. The van der Waals surface area contributed by atoms with Crippen molar-refractivity contribution in [2.75, 3.05) is 11.9 Å². The fraction of sp³-hybridized carbons (Fsp3) is 0.400. The van der Waals surface area contributed by atoms with Gasteiger partial charge >= 0.3 is 12.1 Å². The average Bonchev–Trinajstić information content (AvgIpc) is 2.73. The molecule has 8 heteroatoms. The van der Waals surface area contributed by atoms with E-state index in [-0.39, 0.29) is 13.0 Å². The summed E-state index contributed by atoms with van der Waals surface area (Å²) in [7, 11) is 0. The molecule has 0 atom stereocenters. The topological polar surface area (TPSA) is 101 Å². The van der Waals surface area contributed by atoms with Crippen LogP contribution < -0.4 is 5.32 Å². The summed E-state index contributed by atoms with van der Waals surface area (Å²) in [6.07, 6.45) is 1.93. The highest BCUT2D eigenvalue weighted by Crippen LogP contribution is 2.17. The van der Waals surface area contributed by atoms with Gasteiger partial charge in [0.25, 0.3) is 0 Å². The number of ether oxygens (including phenoxy) is 1. The molecule has 0 aromatic carbocycles. The lowest BCUT2D eigenvalue weighted by molar-refractivity contribution is -0.137. The number of aryl methyl sites for hydroxylation is 1. The fourth-order valence-electron chi connectivity index (χ4n) is 1.05. The second-order valence-corrected chi connectivity index (χ2v) is 4.32. The van der Waals surface area contributed by atoms with Crippen molar-refractivity contribution in [2.24, 2.45) is 0 Å². The van der Waals surface area contributed by atoms with Crippen LogP contribution in [0.4, 0.5) is 9.93 Å². The number of carboxylic acids is 1. The molecular weight excluding hydrogens is 258 g/mol. The zero-order chi connectivity index (χ0) is 13.4. The SMILES string of the molecule is C=CCOC(=O)Nc1nnc(CCCC(=O)O)s1. The zero-order valence-electron chi connectivity index (χ0n) is 9.59. The summed E-state index contributed by atoms with van der Waals surface area (Å²) in [5, 5.41) is 19.5. The number of amides is 1. The molecule has 0 fully saturated rings. The van der Waals surface area contributed by atoms with E-state index in [0.29, 0.717) is 23.0 Å². The van der Waals surface area contributed by atoms with E-state index in [1.54, 1.807) is 0 Å². The van der Waals surface area contributed by atoms with Gasteiger partial charge in [0, 0.05) is 12.8 Å². The third-order valence-corrected chi connectivity index (χ3v) is 2.69. The second kappa shape index (κ2) is 7.38. The number of nitrogens with zero attached hydrogens (tertiary/aromatic N) is 2. The summed E-state index contributed by atoms with van der Waals surface area (Å²) in [4.78, 5) is 21.5. The Labute approximate surface area is 107 Å². The van der Waals surface area contributed by atoms with E-state index in [4.69, 9.17) is 9.84 Å². The molecule has 0 spiro atoms. The van der Waals surface area contributed by atoms with E-state index < -0.39 is 12.1 Å². The summed E-state index contributed by atoms with van der Waals surface area (Å²) in [6.45, 7) is 3.53. The number of hydrogen-bond acceptors (Lipinski definition) is 6. The largest absolute Gasteiger partial charge is 0.481 e. The van der Waals surface area contributed by atoms with Gasteiger partial charge in [-0.1, -0.05) is 24.0 Å². The summed E-state index contributed by atoms with van der Waals surface area (Å²) < 4.78 is 4.71. The van der Waals surface area contributed by atoms with Gasteiger partial charge in [0.05, 0.1) is 0 Å². The summed E-state index contributed by atoms with van der Waals surface area (Å²) in [5.74, 6) is -0.842. The molecule has 1 aromatic heterocycles. The predicted molar refractivity (Wildman–Crippen MR) is 65.7 cm³/mol. The molecule has 0 aliphatic heterocycles. The smallest absolute Gasteiger partial charge is 0.413 e. The Kier molecular flexibility index (Phi) is 5.78. The van der Waals surface area contributed by atoms with Gasteiger partial charge in [0.2, 0.25) is 5.13 Å². The predicted octanol–water partition coefficient (Wildman–Crippen LogP) is 1.68. The molecule has 98 valence electrons. The van der Waals surface area contributed by atoms with Gasteiger partial charge in [-0.3, -0.25) is 10.1 Å². The first-order valence-electron chi connectivity index (χ1n) is 5.20. The number of rotatable bonds is 7. The number of carbonyl (C=O) groups excluding carboxylic acids is 1. The minimum atomic E-state index is -0.842. The third kappa shape index (κ3) is 5.39. The first-order valence-corrected chi connectivity index (χ1v) is 6.02. The van der Waals surface area contributed by atoms with Crippen LogP contribution in [-0.4, -0.2) is 34.0 Å². The maximum atomic E-state index is 11.2. The van der Waals surface area contributed by atoms with Crippen molar-refractivity contribution in [1.82, 2.24) is 10.2 Å². The zero-order valence-corrected chi connectivity index (χ0v) is 10.4. The number of aliphatic carboxylic acids is 1. The molecule has 1 amide bonds. The molecule has 1 rings (SSSR count). The summed E-state index contributed by atoms with van der Waals surface area (Å²) in [6, 6.07) is 0. The Morgan fingerprint density at radius 2 is 2.28 bits per heavy atom. The van der Waals surface area contributed by atoms with Crippen LogP contribution in [0.1, 0.15) is 17.8 Å². The minimum Gasteiger partial charge on any atom is -0.481 e. The van der Waals surface area contributed by atoms with Gasteiger partial charge in [0.15, 0.2) is 0 Å². The molecule has 0 saturated heterocycles. The molecule has 0 aliphatic carbocycles. The molecule has 0 radical (unpaired) electrons. The molecule has 0 unspecified atom stereocenters. The maximum Gasteiger partial charge on any atom is 0.413 e. The molecular formula is C10H13N3O4S. The van der Waals surface area contributed by atoms with E-state index >= 15 is 0 Å². The van der Waals surface area contributed by atoms with Gasteiger partial charge in [-0.2, -0.15) is 0 Å². The number of carboxylic acid groups (broad SMARTS) is 1. The van der Waals surface area contributed by atoms with E-state index in [0.717, 1.165) is 0 Å². The van der Waals surface area contributed by atoms with Crippen LogP contribution in [0, 0.1) is 0 Å². The van der Waals surface area contributed by atoms with Crippen molar-refractivity contribution < 1.29 is 19.4 Å². The first kappa shape index (κ1) is 14.1. The molecule has 2 N–H and O–H groups in total. The van der Waals surface area contributed by atoms with Crippen LogP contribution in [0.15, 0.2) is 12.7 Å². The van der Waals surface area contributed by atoms with E-state index in [1.165, 1.54) is 17.4 Å². The lowest BCUT2D eigenvalue weighted by atomic mass is 10.2. The van der Waals surface area contributed by atoms with Crippen molar-refractivity contribution in [3.63, 3.8) is 0 Å². The Hall–Kier alpha value is -1.96. The molecule has 1 aromatic rings. The second-order valence-electron chi connectivity index (χ2n) is 3.26. The Morgan fingerprint density at radius 1 is 1.50 bits per heavy atom. The lowest BCUT2D eigenvalue weighted by Crippen LogP contribution is -2.13. The van der Waals surface area contributed by atoms with Crippen molar-refractivity contribution in [1.29, 1.82) is 0 Å². The first-order chi connectivity index (χ1) is 8.61. The van der Waals surface area contributed by atoms with Crippen LogP contribution in [0.5, 0.6) is 0 Å². The van der Waals surface area contributed by atoms with Crippen LogP contribution in [0.2, 0.25) is 0 Å². The number of anilines is 1.